The zero-order valence-corrected chi connectivity index (χ0v) is 14.5. The van der Waals surface area contributed by atoms with E-state index in [1.165, 1.54) is 19.4 Å². The van der Waals surface area contributed by atoms with Crippen molar-refractivity contribution in [3.63, 3.8) is 0 Å². The third-order valence-electron chi connectivity index (χ3n) is 3.62. The van der Waals surface area contributed by atoms with E-state index < -0.39 is 0 Å². The van der Waals surface area contributed by atoms with E-state index in [1.807, 2.05) is 6.20 Å². The van der Waals surface area contributed by atoms with Crippen LogP contribution in [0.3, 0.4) is 0 Å². The zero-order valence-electron chi connectivity index (χ0n) is 11.3. The molecule has 0 saturated carbocycles. The van der Waals surface area contributed by atoms with Gasteiger partial charge in [-0.2, -0.15) is 0 Å². The molecule has 0 amide bonds. The van der Waals surface area contributed by atoms with Crippen LogP contribution in [0.25, 0.3) is 0 Å². The highest BCUT2D eigenvalue weighted by Crippen LogP contribution is 2.21. The molecule has 19 heavy (non-hydrogen) atoms. The second-order valence-corrected chi connectivity index (χ2v) is 6.89. The predicted octanol–water partition coefficient (Wildman–Crippen LogP) is 3.43. The molecular weight excluding hydrogens is 370 g/mol. The van der Waals surface area contributed by atoms with Gasteiger partial charge in [-0.05, 0) is 76.3 Å². The topological polar surface area (TPSA) is 28.2 Å². The Balaban J connectivity index is 1.94. The van der Waals surface area contributed by atoms with Crippen molar-refractivity contribution >= 4 is 31.9 Å². The molecule has 0 spiro atoms. The second kappa shape index (κ2) is 7.72. The molecule has 1 fully saturated rings. The fourth-order valence-electron chi connectivity index (χ4n) is 2.52. The summed E-state index contributed by atoms with van der Waals surface area (Å²) in [5.41, 5.74) is 1.12. The molecule has 1 aliphatic rings. The smallest absolute Gasteiger partial charge is 0.0686 e. The van der Waals surface area contributed by atoms with Crippen LogP contribution in [0.15, 0.2) is 21.2 Å². The minimum absolute atomic E-state index is 0.780. The fraction of sp³-hybridized carbons (Fsp3) is 0.643. The molecule has 3 nitrogen and oxygen atoms in total. The van der Waals surface area contributed by atoms with Crippen LogP contribution in [0.2, 0.25) is 0 Å². The maximum absolute atomic E-state index is 4.51. The van der Waals surface area contributed by atoms with E-state index in [-0.39, 0.29) is 0 Å². The molecule has 1 saturated heterocycles. The lowest BCUT2D eigenvalue weighted by Gasteiger charge is -2.29. The van der Waals surface area contributed by atoms with Gasteiger partial charge in [0.05, 0.1) is 5.69 Å². The summed E-state index contributed by atoms with van der Waals surface area (Å²) in [6.45, 7) is 7.71. The van der Waals surface area contributed by atoms with Crippen LogP contribution in [0.4, 0.5) is 0 Å². The molecule has 2 heterocycles. The van der Waals surface area contributed by atoms with Crippen LogP contribution in [0, 0.1) is 5.92 Å². The van der Waals surface area contributed by atoms with Crippen LogP contribution in [-0.4, -0.2) is 36.1 Å². The minimum Gasteiger partial charge on any atom is -0.316 e. The van der Waals surface area contributed by atoms with Crippen LogP contribution in [0.1, 0.15) is 25.5 Å². The quantitative estimate of drug-likeness (QED) is 0.834. The van der Waals surface area contributed by atoms with Crippen molar-refractivity contribution in [2.24, 2.45) is 5.92 Å². The van der Waals surface area contributed by atoms with Gasteiger partial charge in [-0.1, -0.05) is 6.92 Å². The molecule has 0 aliphatic carbocycles. The summed E-state index contributed by atoms with van der Waals surface area (Å²) in [6, 6.07) is 2.07. The molecule has 0 bridgehead atoms. The molecule has 1 N–H and O–H groups in total. The molecule has 2 rings (SSSR count). The number of hydrogen-bond donors (Lipinski definition) is 1. The Morgan fingerprint density at radius 1 is 1.47 bits per heavy atom. The molecule has 1 aromatic rings. The van der Waals surface area contributed by atoms with Gasteiger partial charge in [0, 0.05) is 28.2 Å². The van der Waals surface area contributed by atoms with Crippen LogP contribution >= 0.6 is 31.9 Å². The van der Waals surface area contributed by atoms with Gasteiger partial charge in [0.1, 0.15) is 0 Å². The average molecular weight is 391 g/mol. The maximum Gasteiger partial charge on any atom is 0.0686 e. The number of rotatable bonds is 5. The lowest BCUT2D eigenvalue weighted by Crippen LogP contribution is -2.38. The number of hydrogen-bond acceptors (Lipinski definition) is 3. The molecule has 1 aromatic heterocycles. The summed E-state index contributed by atoms with van der Waals surface area (Å²) in [4.78, 5) is 6.99. The monoisotopic (exact) mass is 389 g/mol. The van der Waals surface area contributed by atoms with Crippen molar-refractivity contribution < 1.29 is 0 Å². The van der Waals surface area contributed by atoms with Gasteiger partial charge in [-0.3, -0.25) is 9.88 Å². The first-order valence-corrected chi connectivity index (χ1v) is 8.50. The average Bonchev–Trinajstić information content (AvgIpc) is 2.42. The van der Waals surface area contributed by atoms with Gasteiger partial charge < -0.3 is 5.32 Å². The van der Waals surface area contributed by atoms with Crippen LogP contribution in [-0.2, 0) is 6.54 Å². The minimum atomic E-state index is 0.780. The number of nitrogens with zero attached hydrogens (tertiary/aromatic N) is 2. The largest absolute Gasteiger partial charge is 0.316 e. The van der Waals surface area contributed by atoms with Gasteiger partial charge in [-0.25, -0.2) is 0 Å². The first-order chi connectivity index (χ1) is 9.19. The molecule has 106 valence electrons. The molecule has 5 heteroatoms. The summed E-state index contributed by atoms with van der Waals surface area (Å²) < 4.78 is 2.10. The van der Waals surface area contributed by atoms with E-state index in [4.69, 9.17) is 0 Å². The summed E-state index contributed by atoms with van der Waals surface area (Å²) in [7, 11) is 0. The number of pyridine rings is 1. The molecule has 1 unspecified atom stereocenters. The van der Waals surface area contributed by atoms with E-state index in [1.54, 1.807) is 0 Å². The first kappa shape index (κ1) is 15.4. The standard InChI is InChI=1S/C14H21Br2N3/c1-2-19(9-11-4-3-5-17-7-11)10-14-13(16)6-12(15)8-18-14/h6,8,11,17H,2-5,7,9-10H2,1H3. The fourth-order valence-corrected chi connectivity index (χ4v) is 3.63. The number of halogens is 2. The van der Waals surface area contributed by atoms with Crippen molar-refractivity contribution in [1.82, 2.24) is 15.2 Å². The van der Waals surface area contributed by atoms with Crippen molar-refractivity contribution in [2.45, 2.75) is 26.3 Å². The van der Waals surface area contributed by atoms with Crippen molar-refractivity contribution in [3.05, 3.63) is 26.9 Å². The Morgan fingerprint density at radius 2 is 2.32 bits per heavy atom. The van der Waals surface area contributed by atoms with Crippen molar-refractivity contribution in [2.75, 3.05) is 26.2 Å². The molecular formula is C14H21Br2N3. The van der Waals surface area contributed by atoms with Gasteiger partial charge in [0.2, 0.25) is 0 Å². The van der Waals surface area contributed by atoms with Gasteiger partial charge in [0.15, 0.2) is 0 Å². The maximum atomic E-state index is 4.51. The lowest BCUT2D eigenvalue weighted by atomic mass is 9.99. The van der Waals surface area contributed by atoms with E-state index in [2.05, 4.69) is 60.1 Å². The first-order valence-electron chi connectivity index (χ1n) is 6.92. The normalized spacial score (nSPS) is 19.9. The molecule has 0 radical (unpaired) electrons. The van der Waals surface area contributed by atoms with E-state index in [0.717, 1.165) is 46.7 Å². The van der Waals surface area contributed by atoms with E-state index >= 15 is 0 Å². The number of nitrogens with one attached hydrogen (secondary N) is 1. The van der Waals surface area contributed by atoms with Gasteiger partial charge in [0.25, 0.3) is 0 Å². The Labute approximate surface area is 132 Å². The highest BCUT2D eigenvalue weighted by molar-refractivity contribution is 9.11. The Bertz CT molecular complexity index is 406. The number of piperidine rings is 1. The predicted molar refractivity (Wildman–Crippen MR) is 86.2 cm³/mol. The Hall–Kier alpha value is 0.0300. The van der Waals surface area contributed by atoms with Crippen LogP contribution < -0.4 is 5.32 Å². The molecule has 0 aromatic carbocycles. The summed E-state index contributed by atoms with van der Waals surface area (Å²) in [6.07, 6.45) is 4.52. The van der Waals surface area contributed by atoms with Gasteiger partial charge in [-0.15, -0.1) is 0 Å². The highest BCUT2D eigenvalue weighted by atomic mass is 79.9. The lowest BCUT2D eigenvalue weighted by molar-refractivity contribution is 0.207. The summed E-state index contributed by atoms with van der Waals surface area (Å²) >= 11 is 7.04. The third kappa shape index (κ3) is 4.81. The van der Waals surface area contributed by atoms with Crippen molar-refractivity contribution in [1.29, 1.82) is 0 Å². The van der Waals surface area contributed by atoms with Crippen LogP contribution in [0.5, 0.6) is 0 Å². The second-order valence-electron chi connectivity index (χ2n) is 5.12. The van der Waals surface area contributed by atoms with Gasteiger partial charge >= 0.3 is 0 Å². The molecule has 1 atom stereocenters. The Kier molecular flexibility index (Phi) is 6.26. The van der Waals surface area contributed by atoms with Crippen molar-refractivity contribution in [3.8, 4) is 0 Å². The zero-order chi connectivity index (χ0) is 13.7. The summed E-state index contributed by atoms with van der Waals surface area (Å²) in [5, 5.41) is 3.49. The van der Waals surface area contributed by atoms with E-state index in [9.17, 15) is 0 Å². The third-order valence-corrected chi connectivity index (χ3v) is 4.74. The number of aromatic nitrogens is 1. The molecule has 1 aliphatic heterocycles. The Morgan fingerprint density at radius 3 is 2.95 bits per heavy atom. The van der Waals surface area contributed by atoms with E-state index in [0.29, 0.717) is 0 Å². The highest BCUT2D eigenvalue weighted by Gasteiger charge is 2.17. The summed E-state index contributed by atoms with van der Waals surface area (Å²) in [5.74, 6) is 0.780. The SMILES string of the molecule is CCN(Cc1ncc(Br)cc1Br)CC1CCCNC1.